The van der Waals surface area contributed by atoms with Gasteiger partial charge in [0.25, 0.3) is 0 Å². The number of thiocarbonyl (C=S) groups is 1. The minimum Gasteiger partial charge on any atom is -0.372 e. The Labute approximate surface area is 114 Å². The van der Waals surface area contributed by atoms with Gasteiger partial charge in [-0.15, -0.1) is 0 Å². The molecule has 0 aromatic heterocycles. The Morgan fingerprint density at radius 2 is 1.89 bits per heavy atom. The van der Waals surface area contributed by atoms with E-state index in [2.05, 4.69) is 43.1 Å². The van der Waals surface area contributed by atoms with E-state index in [1.165, 1.54) is 5.56 Å². The standard InChI is InChI=1S/C14H20N2OS/c1-10-6-4-5-7-13(10)15-14(18)16-8-11(2)17-12(3)9-16/h4-7,11-12H,8-9H2,1-3H3,(H,15,18)/t11-,12-/m0/s1. The number of hydrogen-bond donors (Lipinski definition) is 1. The van der Waals surface area contributed by atoms with Gasteiger partial charge in [-0.25, -0.2) is 0 Å². The van der Waals surface area contributed by atoms with Crippen LogP contribution < -0.4 is 5.32 Å². The van der Waals surface area contributed by atoms with E-state index in [9.17, 15) is 0 Å². The monoisotopic (exact) mass is 264 g/mol. The second-order valence-corrected chi connectivity index (χ2v) is 5.29. The van der Waals surface area contributed by atoms with Crippen molar-refractivity contribution in [1.82, 2.24) is 4.90 Å². The lowest BCUT2D eigenvalue weighted by atomic mass is 10.2. The van der Waals surface area contributed by atoms with Crippen LogP contribution in [0, 0.1) is 6.92 Å². The van der Waals surface area contributed by atoms with Gasteiger partial charge < -0.3 is 15.0 Å². The Balaban J connectivity index is 2.02. The van der Waals surface area contributed by atoms with Crippen LogP contribution in [0.15, 0.2) is 24.3 Å². The number of benzene rings is 1. The average Bonchev–Trinajstić information content (AvgIpc) is 2.31. The van der Waals surface area contributed by atoms with E-state index in [0.717, 1.165) is 23.9 Å². The van der Waals surface area contributed by atoms with Crippen LogP contribution >= 0.6 is 12.2 Å². The van der Waals surface area contributed by atoms with Crippen LogP contribution in [0.2, 0.25) is 0 Å². The topological polar surface area (TPSA) is 24.5 Å². The first-order valence-corrected chi connectivity index (χ1v) is 6.74. The maximum absolute atomic E-state index is 5.71. The quantitative estimate of drug-likeness (QED) is 0.788. The molecule has 0 amide bonds. The third-order valence-corrected chi connectivity index (χ3v) is 3.45. The molecule has 1 saturated heterocycles. The number of morpholine rings is 1. The number of nitrogens with one attached hydrogen (secondary N) is 1. The van der Waals surface area contributed by atoms with Crippen molar-refractivity contribution in [2.24, 2.45) is 0 Å². The maximum atomic E-state index is 5.71. The number of ether oxygens (including phenoxy) is 1. The number of para-hydroxylation sites is 1. The van der Waals surface area contributed by atoms with Crippen molar-refractivity contribution in [3.05, 3.63) is 29.8 Å². The summed E-state index contributed by atoms with van der Waals surface area (Å²) in [6, 6.07) is 8.18. The molecule has 1 heterocycles. The first-order valence-electron chi connectivity index (χ1n) is 6.33. The second-order valence-electron chi connectivity index (χ2n) is 4.91. The van der Waals surface area contributed by atoms with Crippen molar-refractivity contribution in [1.29, 1.82) is 0 Å². The smallest absolute Gasteiger partial charge is 0.173 e. The summed E-state index contributed by atoms with van der Waals surface area (Å²) in [6.45, 7) is 7.94. The summed E-state index contributed by atoms with van der Waals surface area (Å²) in [5, 5.41) is 4.11. The lowest BCUT2D eigenvalue weighted by molar-refractivity contribution is -0.0473. The predicted molar refractivity (Wildman–Crippen MR) is 79.0 cm³/mol. The molecular formula is C14H20N2OS. The molecule has 0 saturated carbocycles. The van der Waals surface area contributed by atoms with Crippen molar-refractivity contribution in [3.63, 3.8) is 0 Å². The summed E-state index contributed by atoms with van der Waals surface area (Å²) in [6.07, 6.45) is 0.454. The van der Waals surface area contributed by atoms with E-state index in [4.69, 9.17) is 17.0 Å². The van der Waals surface area contributed by atoms with E-state index in [0.29, 0.717) is 0 Å². The van der Waals surface area contributed by atoms with Crippen LogP contribution in [-0.4, -0.2) is 35.3 Å². The van der Waals surface area contributed by atoms with Crippen LogP contribution in [0.3, 0.4) is 0 Å². The summed E-state index contributed by atoms with van der Waals surface area (Å²) in [5.74, 6) is 0. The van der Waals surface area contributed by atoms with E-state index in [-0.39, 0.29) is 12.2 Å². The molecule has 1 aliphatic heterocycles. The molecule has 0 radical (unpaired) electrons. The lowest BCUT2D eigenvalue weighted by Gasteiger charge is -2.37. The zero-order valence-electron chi connectivity index (χ0n) is 11.1. The van der Waals surface area contributed by atoms with Crippen LogP contribution in [0.4, 0.5) is 5.69 Å². The van der Waals surface area contributed by atoms with E-state index < -0.39 is 0 Å². The molecule has 1 aliphatic rings. The molecule has 1 aromatic carbocycles. The number of anilines is 1. The van der Waals surface area contributed by atoms with E-state index in [1.807, 2.05) is 12.1 Å². The Morgan fingerprint density at radius 1 is 1.28 bits per heavy atom. The van der Waals surface area contributed by atoms with E-state index >= 15 is 0 Å². The number of rotatable bonds is 1. The first kappa shape index (κ1) is 13.3. The highest BCUT2D eigenvalue weighted by Gasteiger charge is 2.23. The van der Waals surface area contributed by atoms with Crippen LogP contribution in [0.1, 0.15) is 19.4 Å². The van der Waals surface area contributed by atoms with Gasteiger partial charge in [-0.2, -0.15) is 0 Å². The lowest BCUT2D eigenvalue weighted by Crippen LogP contribution is -2.49. The van der Waals surface area contributed by atoms with Gasteiger partial charge in [0.2, 0.25) is 0 Å². The molecule has 0 unspecified atom stereocenters. The molecule has 18 heavy (non-hydrogen) atoms. The van der Waals surface area contributed by atoms with Gasteiger partial charge in [0.15, 0.2) is 5.11 Å². The molecule has 3 nitrogen and oxygen atoms in total. The molecule has 0 aliphatic carbocycles. The summed E-state index contributed by atoms with van der Waals surface area (Å²) >= 11 is 5.48. The number of aryl methyl sites for hydroxylation is 1. The summed E-state index contributed by atoms with van der Waals surface area (Å²) in [4.78, 5) is 2.18. The molecule has 98 valence electrons. The molecular weight excluding hydrogens is 244 g/mol. The fourth-order valence-corrected chi connectivity index (χ4v) is 2.51. The second kappa shape index (κ2) is 5.67. The molecule has 0 bridgehead atoms. The third-order valence-electron chi connectivity index (χ3n) is 3.09. The van der Waals surface area contributed by atoms with Crippen molar-refractivity contribution in [2.75, 3.05) is 18.4 Å². The normalized spacial score (nSPS) is 23.8. The highest BCUT2D eigenvalue weighted by atomic mass is 32.1. The van der Waals surface area contributed by atoms with Gasteiger partial charge in [0, 0.05) is 18.8 Å². The highest BCUT2D eigenvalue weighted by Crippen LogP contribution is 2.16. The fraction of sp³-hybridized carbons (Fsp3) is 0.500. The van der Waals surface area contributed by atoms with Crippen LogP contribution in [0.25, 0.3) is 0 Å². The highest BCUT2D eigenvalue weighted by molar-refractivity contribution is 7.80. The van der Waals surface area contributed by atoms with Gasteiger partial charge in [-0.3, -0.25) is 0 Å². The number of hydrogen-bond acceptors (Lipinski definition) is 2. The van der Waals surface area contributed by atoms with Crippen LogP contribution in [-0.2, 0) is 4.74 Å². The maximum Gasteiger partial charge on any atom is 0.173 e. The molecule has 0 spiro atoms. The largest absolute Gasteiger partial charge is 0.372 e. The van der Waals surface area contributed by atoms with Crippen molar-refractivity contribution in [3.8, 4) is 0 Å². The van der Waals surface area contributed by atoms with E-state index in [1.54, 1.807) is 0 Å². The SMILES string of the molecule is Cc1ccccc1NC(=S)N1C[C@H](C)O[C@@H](C)C1. The summed E-state index contributed by atoms with van der Waals surface area (Å²) in [7, 11) is 0. The fourth-order valence-electron chi connectivity index (χ4n) is 2.25. The van der Waals surface area contributed by atoms with Crippen LogP contribution in [0.5, 0.6) is 0 Å². The molecule has 1 fully saturated rings. The van der Waals surface area contributed by atoms with Crippen molar-refractivity contribution < 1.29 is 4.74 Å². The van der Waals surface area contributed by atoms with Gasteiger partial charge >= 0.3 is 0 Å². The number of nitrogens with zero attached hydrogens (tertiary/aromatic N) is 1. The Bertz CT molecular complexity index is 426. The van der Waals surface area contributed by atoms with Gasteiger partial charge in [0.05, 0.1) is 12.2 Å². The summed E-state index contributed by atoms with van der Waals surface area (Å²) in [5.41, 5.74) is 2.28. The molecule has 1 aromatic rings. The molecule has 2 atom stereocenters. The zero-order chi connectivity index (χ0) is 13.1. The van der Waals surface area contributed by atoms with Crippen molar-refractivity contribution in [2.45, 2.75) is 33.0 Å². The minimum absolute atomic E-state index is 0.227. The Morgan fingerprint density at radius 3 is 2.50 bits per heavy atom. The molecule has 2 rings (SSSR count). The van der Waals surface area contributed by atoms with Gasteiger partial charge in [-0.1, -0.05) is 18.2 Å². The Hall–Kier alpha value is -1.13. The minimum atomic E-state index is 0.227. The molecule has 4 heteroatoms. The van der Waals surface area contributed by atoms with Crippen molar-refractivity contribution >= 4 is 23.0 Å². The predicted octanol–water partition coefficient (Wildman–Crippen LogP) is 2.80. The Kier molecular flexibility index (Phi) is 4.19. The average molecular weight is 264 g/mol. The first-order chi connectivity index (χ1) is 8.56. The zero-order valence-corrected chi connectivity index (χ0v) is 12.0. The van der Waals surface area contributed by atoms with Gasteiger partial charge in [0.1, 0.15) is 0 Å². The van der Waals surface area contributed by atoms with Gasteiger partial charge in [-0.05, 0) is 44.6 Å². The third kappa shape index (κ3) is 3.21. The molecule has 1 N–H and O–H groups in total. The summed E-state index contributed by atoms with van der Waals surface area (Å²) < 4.78 is 5.71.